The lowest BCUT2D eigenvalue weighted by Crippen LogP contribution is -2.47. The van der Waals surface area contributed by atoms with Crippen LogP contribution in [0.3, 0.4) is 0 Å². The number of carbonyl (C=O) groups excluding carboxylic acids is 3. The number of carbonyl (C=O) groups is 3. The molecule has 1 aliphatic rings. The third kappa shape index (κ3) is 7.74. The van der Waals surface area contributed by atoms with Crippen molar-refractivity contribution in [1.29, 1.82) is 0 Å². The van der Waals surface area contributed by atoms with E-state index in [1.165, 1.54) is 6.33 Å². The van der Waals surface area contributed by atoms with Crippen molar-refractivity contribution in [2.45, 2.75) is 52.2 Å². The number of nitrogens with zero attached hydrogens (tertiary/aromatic N) is 3. The first-order valence-corrected chi connectivity index (χ1v) is 15.0. The van der Waals surface area contributed by atoms with Gasteiger partial charge in [-0.15, -0.1) is 0 Å². The van der Waals surface area contributed by atoms with Crippen molar-refractivity contribution in [3.63, 3.8) is 0 Å². The van der Waals surface area contributed by atoms with Crippen LogP contribution in [0.1, 0.15) is 60.2 Å². The second-order valence-electron chi connectivity index (χ2n) is 11.5. The third-order valence-electron chi connectivity index (χ3n) is 6.97. The molecule has 1 saturated heterocycles. The van der Waals surface area contributed by atoms with Crippen LogP contribution in [0.2, 0.25) is 0 Å². The van der Waals surface area contributed by atoms with E-state index in [9.17, 15) is 14.4 Å². The van der Waals surface area contributed by atoms with Gasteiger partial charge in [-0.1, -0.05) is 22.0 Å². The molecule has 14 heteroatoms. The van der Waals surface area contributed by atoms with Gasteiger partial charge in [-0.05, 0) is 70.4 Å². The lowest BCUT2D eigenvalue weighted by atomic mass is 10.1. The van der Waals surface area contributed by atoms with Crippen molar-refractivity contribution in [3.8, 4) is 5.75 Å². The number of piperidine rings is 1. The Balaban J connectivity index is 1.13. The van der Waals surface area contributed by atoms with Gasteiger partial charge in [-0.2, -0.15) is 0 Å². The molecule has 1 fully saturated rings. The number of amides is 3. The van der Waals surface area contributed by atoms with Crippen LogP contribution in [0.5, 0.6) is 5.75 Å². The second-order valence-corrected chi connectivity index (χ2v) is 12.4. The summed E-state index contributed by atoms with van der Waals surface area (Å²) in [6.07, 6.45) is 2.61. The SMILES string of the molecule is Cc1ccc(Br)cc1NC(=O)c1nc[nH]c1C(=O)Nc1nc2cc(OCNC3CCN(C(=O)OC(C)(C)C)CC3)ccc2[nH]1. The van der Waals surface area contributed by atoms with Gasteiger partial charge in [0, 0.05) is 35.4 Å². The van der Waals surface area contributed by atoms with Gasteiger partial charge >= 0.3 is 6.09 Å². The smallest absolute Gasteiger partial charge is 0.410 e. The Morgan fingerprint density at radius 1 is 1.07 bits per heavy atom. The van der Waals surface area contributed by atoms with Crippen LogP contribution in [-0.2, 0) is 4.74 Å². The van der Waals surface area contributed by atoms with Gasteiger partial charge in [0.1, 0.15) is 23.8 Å². The molecule has 5 rings (SSSR count). The van der Waals surface area contributed by atoms with Crippen LogP contribution < -0.4 is 20.7 Å². The first kappa shape index (κ1) is 31.0. The number of hydrogen-bond donors (Lipinski definition) is 5. The molecule has 5 N–H and O–H groups in total. The van der Waals surface area contributed by atoms with Crippen molar-refractivity contribution >= 4 is 56.5 Å². The van der Waals surface area contributed by atoms with E-state index in [-0.39, 0.29) is 29.5 Å². The van der Waals surface area contributed by atoms with Crippen LogP contribution in [0.4, 0.5) is 16.4 Å². The minimum atomic E-state index is -0.573. The maximum absolute atomic E-state index is 13.0. The predicted molar refractivity (Wildman–Crippen MR) is 169 cm³/mol. The van der Waals surface area contributed by atoms with Crippen molar-refractivity contribution < 1.29 is 23.9 Å². The monoisotopic (exact) mass is 666 g/mol. The number of aromatic nitrogens is 4. The molecule has 232 valence electrons. The van der Waals surface area contributed by atoms with Gasteiger partial charge in [0.2, 0.25) is 5.95 Å². The molecular formula is C30H35BrN8O5. The number of rotatable bonds is 8. The highest BCUT2D eigenvalue weighted by Crippen LogP contribution is 2.23. The predicted octanol–water partition coefficient (Wildman–Crippen LogP) is 5.19. The van der Waals surface area contributed by atoms with E-state index in [0.717, 1.165) is 22.9 Å². The number of hydrogen-bond acceptors (Lipinski definition) is 8. The molecule has 0 radical (unpaired) electrons. The molecule has 0 spiro atoms. The molecule has 1 aliphatic heterocycles. The molecule has 0 atom stereocenters. The van der Waals surface area contributed by atoms with Gasteiger partial charge in [-0.3, -0.25) is 20.2 Å². The Kier molecular flexibility index (Phi) is 9.20. The Morgan fingerprint density at radius 3 is 2.59 bits per heavy atom. The summed E-state index contributed by atoms with van der Waals surface area (Å²) in [7, 11) is 0. The quantitative estimate of drug-likeness (QED) is 0.160. The van der Waals surface area contributed by atoms with E-state index in [1.807, 2.05) is 45.9 Å². The summed E-state index contributed by atoms with van der Waals surface area (Å²) < 4.78 is 12.2. The molecule has 2 aromatic carbocycles. The fourth-order valence-corrected chi connectivity index (χ4v) is 5.05. The molecule has 0 bridgehead atoms. The Labute approximate surface area is 262 Å². The number of likely N-dealkylation sites (tertiary alicyclic amines) is 1. The number of H-pyrrole nitrogens is 2. The Morgan fingerprint density at radius 2 is 1.84 bits per heavy atom. The van der Waals surface area contributed by atoms with E-state index >= 15 is 0 Å². The zero-order valence-corrected chi connectivity index (χ0v) is 26.5. The number of benzene rings is 2. The molecule has 2 aromatic heterocycles. The number of halogens is 1. The molecule has 4 aromatic rings. The fraction of sp³-hybridized carbons (Fsp3) is 0.367. The first-order chi connectivity index (χ1) is 20.9. The van der Waals surface area contributed by atoms with Gasteiger partial charge in [0.25, 0.3) is 11.8 Å². The number of nitrogens with one attached hydrogen (secondary N) is 5. The fourth-order valence-electron chi connectivity index (χ4n) is 4.69. The molecule has 13 nitrogen and oxygen atoms in total. The summed E-state index contributed by atoms with van der Waals surface area (Å²) in [6, 6.07) is 11.1. The van der Waals surface area contributed by atoms with Crippen LogP contribution >= 0.6 is 15.9 Å². The van der Waals surface area contributed by atoms with Gasteiger partial charge < -0.3 is 29.7 Å². The summed E-state index contributed by atoms with van der Waals surface area (Å²) in [4.78, 5) is 54.3. The number of aromatic amines is 2. The van der Waals surface area contributed by atoms with Crippen molar-refractivity contribution in [3.05, 3.63) is 64.1 Å². The zero-order chi connectivity index (χ0) is 31.4. The average molecular weight is 668 g/mol. The van der Waals surface area contributed by atoms with Crippen LogP contribution in [-0.4, -0.2) is 74.2 Å². The largest absolute Gasteiger partial charge is 0.478 e. The molecule has 0 aliphatic carbocycles. The molecule has 0 saturated carbocycles. The standard InChI is InChI=1S/C30H35BrN8O5/c1-17-5-6-18(31)13-22(17)35-26(40)24-25(33-15-32-24)27(41)38-28-36-21-8-7-20(14-23(21)37-28)43-16-34-19-9-11-39(12-10-19)29(42)44-30(2,3)4/h5-8,13-15,19,34H,9-12,16H2,1-4H3,(H,32,33)(H,35,40)(H2,36,37,38,41). The summed E-state index contributed by atoms with van der Waals surface area (Å²) in [5, 5.41) is 8.86. The van der Waals surface area contributed by atoms with Crippen molar-refractivity contribution in [2.75, 3.05) is 30.5 Å². The lowest BCUT2D eigenvalue weighted by Gasteiger charge is -2.33. The van der Waals surface area contributed by atoms with Gasteiger partial charge in [-0.25, -0.2) is 14.8 Å². The van der Waals surface area contributed by atoms with Crippen LogP contribution in [0.15, 0.2) is 47.2 Å². The van der Waals surface area contributed by atoms with Crippen molar-refractivity contribution in [1.82, 2.24) is 30.2 Å². The van der Waals surface area contributed by atoms with E-state index in [1.54, 1.807) is 23.1 Å². The Bertz CT molecular complexity index is 1670. The summed E-state index contributed by atoms with van der Waals surface area (Å²) in [5.74, 6) is -0.279. The normalized spacial score (nSPS) is 14.0. The minimum Gasteiger partial charge on any atom is -0.478 e. The second kappa shape index (κ2) is 13.1. The number of fused-ring (bicyclic) bond motifs is 1. The van der Waals surface area contributed by atoms with E-state index < -0.39 is 17.4 Å². The maximum Gasteiger partial charge on any atom is 0.410 e. The van der Waals surface area contributed by atoms with Gasteiger partial charge in [0.15, 0.2) is 5.69 Å². The zero-order valence-electron chi connectivity index (χ0n) is 24.9. The summed E-state index contributed by atoms with van der Waals surface area (Å²) in [5.41, 5.74) is 2.21. The van der Waals surface area contributed by atoms with E-state index in [4.69, 9.17) is 9.47 Å². The topological polar surface area (TPSA) is 166 Å². The summed E-state index contributed by atoms with van der Waals surface area (Å²) >= 11 is 3.40. The van der Waals surface area contributed by atoms with E-state index in [0.29, 0.717) is 42.3 Å². The summed E-state index contributed by atoms with van der Waals surface area (Å²) in [6.45, 7) is 8.99. The third-order valence-corrected chi connectivity index (χ3v) is 7.47. The number of anilines is 2. The molecule has 44 heavy (non-hydrogen) atoms. The maximum atomic E-state index is 13.0. The molecular weight excluding hydrogens is 632 g/mol. The molecule has 3 heterocycles. The molecule has 0 unspecified atom stereocenters. The highest BCUT2D eigenvalue weighted by molar-refractivity contribution is 9.10. The van der Waals surface area contributed by atoms with E-state index in [2.05, 4.69) is 51.8 Å². The number of ether oxygens (including phenoxy) is 2. The number of imidazole rings is 2. The Hall–Kier alpha value is -4.43. The van der Waals surface area contributed by atoms with Crippen molar-refractivity contribution in [2.24, 2.45) is 0 Å². The average Bonchev–Trinajstić information content (AvgIpc) is 3.61. The van der Waals surface area contributed by atoms with Crippen LogP contribution in [0.25, 0.3) is 11.0 Å². The highest BCUT2D eigenvalue weighted by atomic mass is 79.9. The highest BCUT2D eigenvalue weighted by Gasteiger charge is 2.27. The number of aryl methyl sites for hydroxylation is 1. The van der Waals surface area contributed by atoms with Crippen LogP contribution in [0, 0.1) is 6.92 Å². The lowest BCUT2D eigenvalue weighted by molar-refractivity contribution is 0.0193. The molecule has 3 amide bonds. The minimum absolute atomic E-state index is 0.00244. The first-order valence-electron chi connectivity index (χ1n) is 14.2. The van der Waals surface area contributed by atoms with Gasteiger partial charge in [0.05, 0.1) is 17.4 Å².